The van der Waals surface area contributed by atoms with E-state index in [-0.39, 0.29) is 0 Å². The van der Waals surface area contributed by atoms with Crippen LogP contribution in [0.2, 0.25) is 0 Å². The Morgan fingerprint density at radius 3 is 2.80 bits per heavy atom. The number of rotatable bonds is 5. The van der Waals surface area contributed by atoms with E-state index in [4.69, 9.17) is 0 Å². The lowest BCUT2D eigenvalue weighted by Gasteiger charge is -2.30. The van der Waals surface area contributed by atoms with Crippen molar-refractivity contribution in [3.63, 3.8) is 0 Å². The molecule has 2 heterocycles. The zero-order chi connectivity index (χ0) is 17.8. The standard InChI is InChI=1S/C19H23N5O/c1-13-14(2)22-23-19(18(13)9-20)21-10-17(25)12-24-8-7-15-5-3-4-6-16(15)11-24/h3-6,17,25H,7-8,10-12H2,1-2H3,(H,21,23)/t17-/m1/s1. The highest BCUT2D eigenvalue weighted by Gasteiger charge is 2.19. The Morgan fingerprint density at radius 2 is 2.04 bits per heavy atom. The number of aliphatic hydroxyl groups is 1. The second-order valence-electron chi connectivity index (χ2n) is 6.53. The zero-order valence-electron chi connectivity index (χ0n) is 14.7. The maximum absolute atomic E-state index is 10.4. The third kappa shape index (κ3) is 3.95. The van der Waals surface area contributed by atoms with Crippen LogP contribution in [0.15, 0.2) is 24.3 Å². The van der Waals surface area contributed by atoms with Gasteiger partial charge in [-0.05, 0) is 37.0 Å². The predicted molar refractivity (Wildman–Crippen MR) is 96.1 cm³/mol. The van der Waals surface area contributed by atoms with Crippen LogP contribution in [-0.4, -0.2) is 45.9 Å². The van der Waals surface area contributed by atoms with Crippen molar-refractivity contribution in [2.24, 2.45) is 0 Å². The van der Waals surface area contributed by atoms with Crippen molar-refractivity contribution >= 4 is 5.82 Å². The zero-order valence-corrected chi connectivity index (χ0v) is 14.7. The molecule has 6 heteroatoms. The molecule has 0 spiro atoms. The summed E-state index contributed by atoms with van der Waals surface area (Å²) in [6.45, 7) is 6.41. The van der Waals surface area contributed by atoms with Crippen LogP contribution in [0.1, 0.15) is 27.9 Å². The molecule has 1 aromatic carbocycles. The van der Waals surface area contributed by atoms with E-state index < -0.39 is 6.10 Å². The molecule has 130 valence electrons. The van der Waals surface area contributed by atoms with E-state index >= 15 is 0 Å². The van der Waals surface area contributed by atoms with Crippen LogP contribution in [0, 0.1) is 25.2 Å². The van der Waals surface area contributed by atoms with Gasteiger partial charge in [0.1, 0.15) is 11.6 Å². The number of anilines is 1. The highest BCUT2D eigenvalue weighted by Crippen LogP contribution is 2.19. The van der Waals surface area contributed by atoms with Gasteiger partial charge in [-0.3, -0.25) is 4.90 Å². The van der Waals surface area contributed by atoms with E-state index in [0.29, 0.717) is 24.5 Å². The summed E-state index contributed by atoms with van der Waals surface area (Å²) in [4.78, 5) is 2.26. The van der Waals surface area contributed by atoms with Crippen LogP contribution >= 0.6 is 0 Å². The van der Waals surface area contributed by atoms with Crippen LogP contribution in [0.3, 0.4) is 0 Å². The number of nitrogens with zero attached hydrogens (tertiary/aromatic N) is 4. The minimum atomic E-state index is -0.541. The highest BCUT2D eigenvalue weighted by molar-refractivity contribution is 5.55. The Morgan fingerprint density at radius 1 is 1.28 bits per heavy atom. The SMILES string of the molecule is Cc1nnc(NC[C@@H](O)CN2CCc3ccccc3C2)c(C#N)c1C. The first-order valence-corrected chi connectivity index (χ1v) is 8.53. The van der Waals surface area contributed by atoms with Crippen molar-refractivity contribution in [2.75, 3.05) is 25.0 Å². The number of benzene rings is 1. The van der Waals surface area contributed by atoms with Crippen molar-refractivity contribution in [3.8, 4) is 6.07 Å². The van der Waals surface area contributed by atoms with Crippen molar-refractivity contribution in [2.45, 2.75) is 32.9 Å². The third-order valence-electron chi connectivity index (χ3n) is 4.75. The molecule has 1 aliphatic heterocycles. The summed E-state index contributed by atoms with van der Waals surface area (Å²) in [5.41, 5.74) is 4.79. The Hall–Kier alpha value is -2.49. The summed E-state index contributed by atoms with van der Waals surface area (Å²) in [7, 11) is 0. The molecule has 2 aromatic rings. The van der Waals surface area contributed by atoms with E-state index in [9.17, 15) is 10.4 Å². The van der Waals surface area contributed by atoms with Gasteiger partial charge in [0.15, 0.2) is 5.82 Å². The molecule has 0 fully saturated rings. The molecule has 0 bridgehead atoms. The molecule has 0 unspecified atom stereocenters. The fraction of sp³-hybridized carbons (Fsp3) is 0.421. The smallest absolute Gasteiger partial charge is 0.167 e. The number of hydrogen-bond donors (Lipinski definition) is 2. The average Bonchev–Trinajstić information content (AvgIpc) is 2.62. The lowest BCUT2D eigenvalue weighted by Crippen LogP contribution is -2.39. The Labute approximate surface area is 148 Å². The lowest BCUT2D eigenvalue weighted by atomic mass is 10.00. The van der Waals surface area contributed by atoms with Crippen molar-refractivity contribution < 1.29 is 5.11 Å². The van der Waals surface area contributed by atoms with Crippen LogP contribution in [0.4, 0.5) is 5.82 Å². The maximum Gasteiger partial charge on any atom is 0.167 e. The minimum absolute atomic E-state index is 0.337. The predicted octanol–water partition coefficient (Wildman–Crippen LogP) is 1.80. The molecule has 0 amide bonds. The van der Waals surface area contributed by atoms with Crippen molar-refractivity contribution in [3.05, 3.63) is 52.2 Å². The third-order valence-corrected chi connectivity index (χ3v) is 4.75. The molecular formula is C19H23N5O. The van der Waals surface area contributed by atoms with Gasteiger partial charge in [-0.15, -0.1) is 5.10 Å². The first kappa shape index (κ1) is 17.3. The monoisotopic (exact) mass is 337 g/mol. The van der Waals surface area contributed by atoms with Crippen molar-refractivity contribution in [1.82, 2.24) is 15.1 Å². The van der Waals surface area contributed by atoms with Gasteiger partial charge in [0, 0.05) is 26.2 Å². The summed E-state index contributed by atoms with van der Waals surface area (Å²) in [6, 6.07) is 10.6. The summed E-state index contributed by atoms with van der Waals surface area (Å²) in [5, 5.41) is 30.8. The normalized spacial score (nSPS) is 15.3. The molecule has 1 atom stereocenters. The minimum Gasteiger partial charge on any atom is -0.390 e. The summed E-state index contributed by atoms with van der Waals surface area (Å²) in [5.74, 6) is 0.439. The second kappa shape index (κ2) is 7.60. The molecule has 0 saturated carbocycles. The molecule has 3 rings (SSSR count). The number of aliphatic hydroxyl groups excluding tert-OH is 1. The van der Waals surface area contributed by atoms with Crippen LogP contribution < -0.4 is 5.32 Å². The maximum atomic E-state index is 10.4. The average molecular weight is 337 g/mol. The van der Waals surface area contributed by atoms with E-state index in [0.717, 1.165) is 30.8 Å². The number of nitrogens with one attached hydrogen (secondary N) is 1. The van der Waals surface area contributed by atoms with Crippen LogP contribution in [0.25, 0.3) is 0 Å². The number of nitriles is 1. The largest absolute Gasteiger partial charge is 0.390 e. The molecule has 0 radical (unpaired) electrons. The summed E-state index contributed by atoms with van der Waals surface area (Å²) < 4.78 is 0. The number of fused-ring (bicyclic) bond motifs is 1. The van der Waals surface area contributed by atoms with E-state index in [1.807, 2.05) is 13.8 Å². The quantitative estimate of drug-likeness (QED) is 0.865. The second-order valence-corrected chi connectivity index (χ2v) is 6.53. The van der Waals surface area contributed by atoms with Gasteiger partial charge < -0.3 is 10.4 Å². The number of β-amino-alcohol motifs (C(OH)–C–C–N with tert-alkyl or cyclic N) is 1. The van der Waals surface area contributed by atoms with E-state index in [2.05, 4.69) is 50.7 Å². The first-order valence-electron chi connectivity index (χ1n) is 8.53. The highest BCUT2D eigenvalue weighted by atomic mass is 16.3. The van der Waals surface area contributed by atoms with Gasteiger partial charge in [-0.2, -0.15) is 10.4 Å². The fourth-order valence-corrected chi connectivity index (χ4v) is 3.16. The van der Waals surface area contributed by atoms with Gasteiger partial charge in [-0.1, -0.05) is 24.3 Å². The van der Waals surface area contributed by atoms with Gasteiger partial charge in [-0.25, -0.2) is 0 Å². The van der Waals surface area contributed by atoms with Gasteiger partial charge in [0.25, 0.3) is 0 Å². The first-order chi connectivity index (χ1) is 12.1. The van der Waals surface area contributed by atoms with E-state index in [1.54, 1.807) is 0 Å². The van der Waals surface area contributed by atoms with Crippen LogP contribution in [-0.2, 0) is 13.0 Å². The molecule has 25 heavy (non-hydrogen) atoms. The Bertz CT molecular complexity index is 799. The van der Waals surface area contributed by atoms with Gasteiger partial charge in [0.05, 0.1) is 11.8 Å². The summed E-state index contributed by atoms with van der Waals surface area (Å²) in [6.07, 6.45) is 0.470. The Balaban J connectivity index is 1.57. The van der Waals surface area contributed by atoms with Gasteiger partial charge >= 0.3 is 0 Å². The summed E-state index contributed by atoms with van der Waals surface area (Å²) >= 11 is 0. The Kier molecular flexibility index (Phi) is 5.27. The fourth-order valence-electron chi connectivity index (χ4n) is 3.16. The van der Waals surface area contributed by atoms with E-state index in [1.165, 1.54) is 11.1 Å². The van der Waals surface area contributed by atoms with Gasteiger partial charge in [0.2, 0.25) is 0 Å². The molecule has 0 aliphatic carbocycles. The molecule has 1 aliphatic rings. The molecule has 0 saturated heterocycles. The van der Waals surface area contributed by atoms with Crippen molar-refractivity contribution in [1.29, 1.82) is 5.26 Å². The number of aromatic nitrogens is 2. The lowest BCUT2D eigenvalue weighted by molar-refractivity contribution is 0.114. The number of aryl methyl sites for hydroxylation is 1. The molecule has 2 N–H and O–H groups in total. The van der Waals surface area contributed by atoms with Crippen LogP contribution in [0.5, 0.6) is 0 Å². The molecule has 6 nitrogen and oxygen atoms in total. The molecular weight excluding hydrogens is 314 g/mol. The number of hydrogen-bond acceptors (Lipinski definition) is 6. The topological polar surface area (TPSA) is 85.1 Å². The molecule has 1 aromatic heterocycles.